The van der Waals surface area contributed by atoms with Crippen LogP contribution in [0.15, 0.2) is 29.6 Å². The van der Waals surface area contributed by atoms with Crippen molar-refractivity contribution in [2.45, 2.75) is 33.3 Å². The highest BCUT2D eigenvalue weighted by atomic mass is 32.1. The summed E-state index contributed by atoms with van der Waals surface area (Å²) in [6.07, 6.45) is 0. The lowest BCUT2D eigenvalue weighted by atomic mass is 9.87. The molecule has 0 amide bonds. The van der Waals surface area contributed by atoms with Gasteiger partial charge in [-0.25, -0.2) is 0 Å². The average Bonchev–Trinajstić information content (AvgIpc) is 2.69. The first-order valence-corrected chi connectivity index (χ1v) is 6.66. The second kappa shape index (κ2) is 4.28. The van der Waals surface area contributed by atoms with Gasteiger partial charge in [0.2, 0.25) is 0 Å². The Hall–Kier alpha value is -1.12. The third-order valence-electron chi connectivity index (χ3n) is 3.43. The number of rotatable bonds is 2. The van der Waals surface area contributed by atoms with Gasteiger partial charge in [-0.1, -0.05) is 18.2 Å². The Balaban J connectivity index is 2.60. The number of hydrogen-bond acceptors (Lipinski definition) is 2. The summed E-state index contributed by atoms with van der Waals surface area (Å²) in [6, 6.07) is 8.16. The molecule has 0 aliphatic carbocycles. The van der Waals surface area contributed by atoms with Crippen LogP contribution in [0.1, 0.15) is 34.1 Å². The van der Waals surface area contributed by atoms with Gasteiger partial charge >= 0.3 is 0 Å². The minimum atomic E-state index is -0.894. The third kappa shape index (κ3) is 2.03. The molecule has 0 aliphatic rings. The average molecular weight is 246 g/mol. The van der Waals surface area contributed by atoms with E-state index in [9.17, 15) is 5.11 Å². The van der Waals surface area contributed by atoms with E-state index in [1.165, 1.54) is 11.1 Å². The van der Waals surface area contributed by atoms with Gasteiger partial charge in [-0.2, -0.15) is 0 Å². The van der Waals surface area contributed by atoms with Crippen molar-refractivity contribution in [2.24, 2.45) is 0 Å². The molecule has 2 aromatic rings. The minimum absolute atomic E-state index is 0.894. The van der Waals surface area contributed by atoms with E-state index in [0.717, 1.165) is 16.0 Å². The van der Waals surface area contributed by atoms with Gasteiger partial charge in [0, 0.05) is 4.88 Å². The smallest absolute Gasteiger partial charge is 0.121 e. The fourth-order valence-corrected chi connectivity index (χ4v) is 3.27. The van der Waals surface area contributed by atoms with E-state index in [1.54, 1.807) is 11.3 Å². The molecule has 1 aromatic heterocycles. The maximum Gasteiger partial charge on any atom is 0.121 e. The molecule has 0 bridgehead atoms. The van der Waals surface area contributed by atoms with Crippen LogP contribution in [-0.2, 0) is 5.60 Å². The molecular weight excluding hydrogens is 228 g/mol. The van der Waals surface area contributed by atoms with Gasteiger partial charge in [0.25, 0.3) is 0 Å². The Morgan fingerprint density at radius 1 is 1.06 bits per heavy atom. The second-order valence-electron chi connectivity index (χ2n) is 4.75. The van der Waals surface area contributed by atoms with Crippen LogP contribution in [0.5, 0.6) is 0 Å². The van der Waals surface area contributed by atoms with E-state index in [0.29, 0.717) is 0 Å². The number of benzene rings is 1. The highest BCUT2D eigenvalue weighted by Crippen LogP contribution is 2.36. The summed E-state index contributed by atoms with van der Waals surface area (Å²) < 4.78 is 0. The van der Waals surface area contributed by atoms with Gasteiger partial charge in [-0.05, 0) is 61.4 Å². The van der Waals surface area contributed by atoms with E-state index in [2.05, 4.69) is 26.0 Å². The fraction of sp³-hybridized carbons (Fsp3) is 0.333. The summed E-state index contributed by atoms with van der Waals surface area (Å²) in [7, 11) is 0. The molecule has 0 radical (unpaired) electrons. The Kier molecular flexibility index (Phi) is 3.11. The predicted octanol–water partition coefficient (Wildman–Crippen LogP) is 3.93. The summed E-state index contributed by atoms with van der Waals surface area (Å²) in [5.74, 6) is 0. The summed E-state index contributed by atoms with van der Waals surface area (Å²) in [5, 5.41) is 12.9. The lowest BCUT2D eigenvalue weighted by Gasteiger charge is -2.26. The number of thiophene rings is 1. The van der Waals surface area contributed by atoms with Crippen LogP contribution in [0.3, 0.4) is 0 Å². The zero-order valence-corrected chi connectivity index (χ0v) is 11.6. The van der Waals surface area contributed by atoms with E-state index < -0.39 is 5.60 Å². The van der Waals surface area contributed by atoms with Crippen LogP contribution in [0.4, 0.5) is 0 Å². The molecule has 0 spiro atoms. The van der Waals surface area contributed by atoms with E-state index in [1.807, 2.05) is 31.4 Å². The van der Waals surface area contributed by atoms with E-state index in [-0.39, 0.29) is 0 Å². The summed E-state index contributed by atoms with van der Waals surface area (Å²) >= 11 is 1.62. The maximum atomic E-state index is 10.8. The van der Waals surface area contributed by atoms with Crippen molar-refractivity contribution in [3.8, 4) is 0 Å². The first-order valence-electron chi connectivity index (χ1n) is 5.78. The van der Waals surface area contributed by atoms with Gasteiger partial charge < -0.3 is 5.11 Å². The fourth-order valence-electron chi connectivity index (χ4n) is 2.27. The lowest BCUT2D eigenvalue weighted by Crippen LogP contribution is -2.23. The highest BCUT2D eigenvalue weighted by Gasteiger charge is 2.30. The predicted molar refractivity (Wildman–Crippen MR) is 73.6 cm³/mol. The van der Waals surface area contributed by atoms with E-state index >= 15 is 0 Å². The van der Waals surface area contributed by atoms with Crippen LogP contribution in [0.25, 0.3) is 0 Å². The summed E-state index contributed by atoms with van der Waals surface area (Å²) in [6.45, 7) is 8.08. The topological polar surface area (TPSA) is 20.2 Å². The van der Waals surface area contributed by atoms with Crippen LogP contribution < -0.4 is 0 Å². The summed E-state index contributed by atoms with van der Waals surface area (Å²) in [5.41, 5.74) is 3.65. The van der Waals surface area contributed by atoms with Crippen molar-refractivity contribution < 1.29 is 5.11 Å². The molecule has 1 atom stereocenters. The second-order valence-corrected chi connectivity index (χ2v) is 5.67. The SMILES string of the molecule is Cc1ccsc1C(C)(O)c1cccc(C)c1C. The molecule has 0 aliphatic heterocycles. The Bertz CT molecular complexity index is 538. The Morgan fingerprint density at radius 2 is 1.76 bits per heavy atom. The largest absolute Gasteiger partial charge is 0.380 e. The molecule has 1 heterocycles. The number of aliphatic hydroxyl groups is 1. The van der Waals surface area contributed by atoms with Crippen molar-refractivity contribution in [1.82, 2.24) is 0 Å². The number of aryl methyl sites for hydroxylation is 2. The molecule has 90 valence electrons. The van der Waals surface area contributed by atoms with Gasteiger partial charge in [0.15, 0.2) is 0 Å². The molecule has 0 fully saturated rings. The Morgan fingerprint density at radius 3 is 2.35 bits per heavy atom. The van der Waals surface area contributed by atoms with Crippen LogP contribution >= 0.6 is 11.3 Å². The lowest BCUT2D eigenvalue weighted by molar-refractivity contribution is 0.105. The molecule has 17 heavy (non-hydrogen) atoms. The molecule has 1 unspecified atom stereocenters. The highest BCUT2D eigenvalue weighted by molar-refractivity contribution is 7.10. The molecule has 0 saturated heterocycles. The van der Waals surface area contributed by atoms with Gasteiger partial charge in [0.1, 0.15) is 5.60 Å². The molecule has 1 N–H and O–H groups in total. The first kappa shape index (κ1) is 12.3. The molecule has 1 nitrogen and oxygen atoms in total. The van der Waals surface area contributed by atoms with Crippen LogP contribution in [0.2, 0.25) is 0 Å². The zero-order chi connectivity index (χ0) is 12.6. The van der Waals surface area contributed by atoms with Crippen molar-refractivity contribution in [1.29, 1.82) is 0 Å². The van der Waals surface area contributed by atoms with Crippen molar-refractivity contribution in [3.63, 3.8) is 0 Å². The third-order valence-corrected chi connectivity index (χ3v) is 4.66. The van der Waals surface area contributed by atoms with Crippen LogP contribution in [0, 0.1) is 20.8 Å². The van der Waals surface area contributed by atoms with Crippen molar-refractivity contribution in [2.75, 3.05) is 0 Å². The first-order chi connectivity index (χ1) is 7.94. The van der Waals surface area contributed by atoms with Crippen molar-refractivity contribution >= 4 is 11.3 Å². The molecule has 2 heteroatoms. The molecule has 1 aromatic carbocycles. The summed E-state index contributed by atoms with van der Waals surface area (Å²) in [4.78, 5) is 1.03. The molecule has 0 saturated carbocycles. The standard InChI is InChI=1S/C15H18OS/c1-10-6-5-7-13(12(10)3)15(4,16)14-11(2)8-9-17-14/h5-9,16H,1-4H3. The maximum absolute atomic E-state index is 10.8. The van der Waals surface area contributed by atoms with Gasteiger partial charge in [0.05, 0.1) is 0 Å². The number of hydrogen-bond donors (Lipinski definition) is 1. The Labute approximate surface area is 107 Å². The zero-order valence-electron chi connectivity index (χ0n) is 10.7. The molecular formula is C15H18OS. The minimum Gasteiger partial charge on any atom is -0.380 e. The van der Waals surface area contributed by atoms with E-state index in [4.69, 9.17) is 0 Å². The monoisotopic (exact) mass is 246 g/mol. The van der Waals surface area contributed by atoms with Crippen LogP contribution in [-0.4, -0.2) is 5.11 Å². The van der Waals surface area contributed by atoms with Gasteiger partial charge in [-0.3, -0.25) is 0 Å². The van der Waals surface area contributed by atoms with Gasteiger partial charge in [-0.15, -0.1) is 11.3 Å². The normalized spacial score (nSPS) is 14.6. The molecule has 2 rings (SSSR count). The van der Waals surface area contributed by atoms with Crippen molar-refractivity contribution in [3.05, 3.63) is 56.8 Å². The quantitative estimate of drug-likeness (QED) is 0.851.